The van der Waals surface area contributed by atoms with E-state index in [0.717, 1.165) is 6.54 Å². The molecule has 1 aliphatic heterocycles. The van der Waals surface area contributed by atoms with Gasteiger partial charge in [-0.15, -0.1) is 0 Å². The van der Waals surface area contributed by atoms with Gasteiger partial charge in [0.05, 0.1) is 5.69 Å². The summed E-state index contributed by atoms with van der Waals surface area (Å²) >= 11 is 0. The zero-order valence-corrected chi connectivity index (χ0v) is 7.91. The summed E-state index contributed by atoms with van der Waals surface area (Å²) in [5, 5.41) is 0. The molecule has 1 aromatic rings. The molecule has 3 heteroatoms. The van der Waals surface area contributed by atoms with Crippen molar-refractivity contribution in [3.05, 3.63) is 49.0 Å². The molecule has 68 valence electrons. The Labute approximate surface area is 84.0 Å². The maximum absolute atomic E-state index is 3.00. The minimum Gasteiger partial charge on any atom is -1.00 e. The molecule has 1 aliphatic rings. The van der Waals surface area contributed by atoms with Crippen molar-refractivity contribution in [1.29, 1.82) is 0 Å². The Bertz CT molecular complexity index is 306. The molecular weight excluding hydrogens is 184 g/mol. The fourth-order valence-electron chi connectivity index (χ4n) is 1.23. The smallest absolute Gasteiger partial charge is 0.169 e. The molecule has 0 saturated carbocycles. The molecule has 2 rings (SSSR count). The summed E-state index contributed by atoms with van der Waals surface area (Å²) in [7, 11) is 0. The second-order valence-electron chi connectivity index (χ2n) is 2.68. The first-order valence-corrected chi connectivity index (χ1v) is 4.03. The SMILES string of the molecule is C1=CCN(c2cc[nH+]cc2)C=C1.[Cl-]. The Hall–Kier alpha value is -1.28. The van der Waals surface area contributed by atoms with E-state index in [-0.39, 0.29) is 12.4 Å². The first kappa shape index (κ1) is 9.81. The number of pyridine rings is 1. The minimum absolute atomic E-state index is 0. The molecule has 0 aromatic carbocycles. The van der Waals surface area contributed by atoms with E-state index in [0.29, 0.717) is 0 Å². The van der Waals surface area contributed by atoms with Crippen molar-refractivity contribution in [1.82, 2.24) is 0 Å². The Morgan fingerprint density at radius 1 is 1.15 bits per heavy atom. The number of hydrogen-bond donors (Lipinski definition) is 0. The van der Waals surface area contributed by atoms with Crippen LogP contribution < -0.4 is 22.3 Å². The van der Waals surface area contributed by atoms with E-state index in [9.17, 15) is 0 Å². The number of allylic oxidation sites excluding steroid dienone is 2. The number of anilines is 1. The Balaban J connectivity index is 0.000000845. The van der Waals surface area contributed by atoms with Gasteiger partial charge in [-0.05, 0) is 6.08 Å². The second kappa shape index (κ2) is 4.67. The van der Waals surface area contributed by atoms with Crippen molar-refractivity contribution in [2.45, 2.75) is 0 Å². The maximum Gasteiger partial charge on any atom is 0.169 e. The number of halogens is 1. The van der Waals surface area contributed by atoms with E-state index >= 15 is 0 Å². The van der Waals surface area contributed by atoms with Crippen LogP contribution in [0.25, 0.3) is 0 Å². The Morgan fingerprint density at radius 3 is 2.54 bits per heavy atom. The standard InChI is InChI=1S/C10H10N2.ClH/c1-2-8-12(9-3-1)10-4-6-11-7-5-10;/h1-8H,9H2;1H. The Kier molecular flexibility index (Phi) is 3.53. The summed E-state index contributed by atoms with van der Waals surface area (Å²) < 4.78 is 0. The van der Waals surface area contributed by atoms with Crippen molar-refractivity contribution in [3.63, 3.8) is 0 Å². The van der Waals surface area contributed by atoms with Gasteiger partial charge in [-0.3, -0.25) is 0 Å². The highest BCUT2D eigenvalue weighted by molar-refractivity contribution is 5.49. The van der Waals surface area contributed by atoms with E-state index < -0.39 is 0 Å². The maximum atomic E-state index is 3.00. The molecule has 0 amide bonds. The number of aromatic amines is 1. The molecule has 0 bridgehead atoms. The number of aromatic nitrogens is 1. The van der Waals surface area contributed by atoms with E-state index in [1.807, 2.05) is 18.5 Å². The van der Waals surface area contributed by atoms with Gasteiger partial charge in [0, 0.05) is 24.9 Å². The molecule has 1 N–H and O–H groups in total. The average Bonchev–Trinajstić information content (AvgIpc) is 2.21. The summed E-state index contributed by atoms with van der Waals surface area (Å²) in [5.41, 5.74) is 1.22. The molecule has 1 aromatic heterocycles. The molecule has 0 atom stereocenters. The minimum atomic E-state index is 0. The molecule has 13 heavy (non-hydrogen) atoms. The molecule has 0 unspecified atom stereocenters. The number of rotatable bonds is 1. The lowest BCUT2D eigenvalue weighted by Crippen LogP contribution is -3.00. The van der Waals surface area contributed by atoms with Gasteiger partial charge in [0.15, 0.2) is 12.4 Å². The van der Waals surface area contributed by atoms with Crippen LogP contribution in [0.3, 0.4) is 0 Å². The molecule has 2 heterocycles. The fraction of sp³-hybridized carbons (Fsp3) is 0.100. The predicted molar refractivity (Wildman–Crippen MR) is 48.6 cm³/mol. The van der Waals surface area contributed by atoms with Gasteiger partial charge in [-0.2, -0.15) is 0 Å². The Morgan fingerprint density at radius 2 is 1.92 bits per heavy atom. The van der Waals surface area contributed by atoms with E-state index in [2.05, 4.69) is 40.4 Å². The average molecular weight is 195 g/mol. The van der Waals surface area contributed by atoms with Crippen LogP contribution in [0.15, 0.2) is 49.0 Å². The first-order chi connectivity index (χ1) is 5.97. The van der Waals surface area contributed by atoms with Gasteiger partial charge < -0.3 is 17.3 Å². The predicted octanol–water partition coefficient (Wildman–Crippen LogP) is -1.61. The largest absolute Gasteiger partial charge is 1.00 e. The van der Waals surface area contributed by atoms with Crippen LogP contribution >= 0.6 is 0 Å². The molecular formula is C10H11ClN2. The third kappa shape index (κ3) is 2.33. The van der Waals surface area contributed by atoms with Crippen molar-refractivity contribution >= 4 is 5.69 Å². The van der Waals surface area contributed by atoms with Crippen LogP contribution in [-0.4, -0.2) is 6.54 Å². The van der Waals surface area contributed by atoms with Crippen LogP contribution in [0.5, 0.6) is 0 Å². The lowest BCUT2D eigenvalue weighted by molar-refractivity contribution is -0.377. The highest BCUT2D eigenvalue weighted by Crippen LogP contribution is 2.13. The number of nitrogens with zero attached hydrogens (tertiary/aromatic N) is 1. The van der Waals surface area contributed by atoms with E-state index in [1.54, 1.807) is 0 Å². The monoisotopic (exact) mass is 194 g/mol. The third-order valence-corrected chi connectivity index (χ3v) is 1.85. The van der Waals surface area contributed by atoms with Crippen LogP contribution in [0, 0.1) is 0 Å². The van der Waals surface area contributed by atoms with Crippen LogP contribution in [0.1, 0.15) is 0 Å². The molecule has 2 nitrogen and oxygen atoms in total. The molecule has 0 saturated heterocycles. The van der Waals surface area contributed by atoms with Gasteiger partial charge >= 0.3 is 0 Å². The van der Waals surface area contributed by atoms with Crippen molar-refractivity contribution in [2.75, 3.05) is 11.4 Å². The normalized spacial score (nSPS) is 14.0. The zero-order chi connectivity index (χ0) is 8.23. The second-order valence-corrected chi connectivity index (χ2v) is 2.68. The lowest BCUT2D eigenvalue weighted by atomic mass is 10.3. The topological polar surface area (TPSA) is 17.4 Å². The first-order valence-electron chi connectivity index (χ1n) is 4.03. The highest BCUT2D eigenvalue weighted by Gasteiger charge is 2.02. The van der Waals surface area contributed by atoms with Crippen LogP contribution in [0.4, 0.5) is 5.69 Å². The summed E-state index contributed by atoms with van der Waals surface area (Å²) in [6.07, 6.45) is 12.2. The molecule has 0 fully saturated rings. The van der Waals surface area contributed by atoms with Gasteiger partial charge in [-0.25, -0.2) is 4.98 Å². The van der Waals surface area contributed by atoms with Crippen molar-refractivity contribution < 1.29 is 17.4 Å². The van der Waals surface area contributed by atoms with Crippen LogP contribution in [0.2, 0.25) is 0 Å². The lowest BCUT2D eigenvalue weighted by Gasteiger charge is -2.19. The molecule has 0 radical (unpaired) electrons. The summed E-state index contributed by atoms with van der Waals surface area (Å²) in [6.45, 7) is 0.959. The van der Waals surface area contributed by atoms with Crippen LogP contribution in [-0.2, 0) is 0 Å². The molecule has 0 aliphatic carbocycles. The van der Waals surface area contributed by atoms with Gasteiger partial charge in [0.25, 0.3) is 0 Å². The zero-order valence-electron chi connectivity index (χ0n) is 7.15. The van der Waals surface area contributed by atoms with Gasteiger partial charge in [-0.1, -0.05) is 12.2 Å². The third-order valence-electron chi connectivity index (χ3n) is 1.85. The van der Waals surface area contributed by atoms with Gasteiger partial charge in [0.2, 0.25) is 0 Å². The molecule has 0 spiro atoms. The van der Waals surface area contributed by atoms with E-state index in [1.165, 1.54) is 5.69 Å². The van der Waals surface area contributed by atoms with Gasteiger partial charge in [0.1, 0.15) is 0 Å². The number of H-pyrrole nitrogens is 1. The summed E-state index contributed by atoms with van der Waals surface area (Å²) in [5.74, 6) is 0. The number of nitrogens with one attached hydrogen (secondary N) is 1. The van der Waals surface area contributed by atoms with Crippen molar-refractivity contribution in [3.8, 4) is 0 Å². The summed E-state index contributed by atoms with van der Waals surface area (Å²) in [4.78, 5) is 5.19. The number of hydrogen-bond acceptors (Lipinski definition) is 1. The van der Waals surface area contributed by atoms with E-state index in [4.69, 9.17) is 0 Å². The highest BCUT2D eigenvalue weighted by atomic mass is 35.5. The van der Waals surface area contributed by atoms with Crippen molar-refractivity contribution in [2.24, 2.45) is 0 Å². The fourth-order valence-corrected chi connectivity index (χ4v) is 1.23. The quantitative estimate of drug-likeness (QED) is 0.526. The summed E-state index contributed by atoms with van der Waals surface area (Å²) in [6, 6.07) is 4.12.